The molecule has 6 heteroatoms. The largest absolute Gasteiger partial charge is 0.362 e. The van der Waals surface area contributed by atoms with E-state index in [1.54, 1.807) is 16.8 Å². The molecule has 22 heavy (non-hydrogen) atoms. The molecule has 0 unspecified atom stereocenters. The van der Waals surface area contributed by atoms with Crippen molar-refractivity contribution in [1.29, 1.82) is 0 Å². The van der Waals surface area contributed by atoms with Gasteiger partial charge >= 0.3 is 0 Å². The van der Waals surface area contributed by atoms with Gasteiger partial charge in [-0.05, 0) is 31.1 Å². The van der Waals surface area contributed by atoms with Gasteiger partial charge < -0.3 is 10.6 Å². The second-order valence-corrected chi connectivity index (χ2v) is 6.06. The Bertz CT molecular complexity index is 651. The Hall–Kier alpha value is -1.95. The number of aromatic nitrogens is 2. The fraction of sp³-hybridized carbons (Fsp3) is 0.375. The van der Waals surface area contributed by atoms with Crippen LogP contribution in [0.15, 0.2) is 30.3 Å². The molecule has 118 valence electrons. The van der Waals surface area contributed by atoms with Crippen LogP contribution in [0.1, 0.15) is 25.1 Å². The van der Waals surface area contributed by atoms with E-state index in [9.17, 15) is 4.39 Å². The van der Waals surface area contributed by atoms with E-state index < -0.39 is 0 Å². The average molecular weight is 320 g/mol. The first kappa shape index (κ1) is 16.4. The molecule has 0 radical (unpaired) electrons. The molecule has 0 spiro atoms. The smallest absolute Gasteiger partial charge is 0.171 e. The number of halogens is 1. The molecule has 2 rings (SSSR count). The quantitative estimate of drug-likeness (QED) is 0.829. The van der Waals surface area contributed by atoms with Crippen molar-refractivity contribution < 1.29 is 4.39 Å². The van der Waals surface area contributed by atoms with Crippen molar-refractivity contribution in [2.45, 2.75) is 27.3 Å². The van der Waals surface area contributed by atoms with E-state index in [1.807, 2.05) is 19.1 Å². The Morgan fingerprint density at radius 2 is 2.09 bits per heavy atom. The lowest BCUT2D eigenvalue weighted by Gasteiger charge is -2.10. The first-order valence-electron chi connectivity index (χ1n) is 7.28. The first-order valence-corrected chi connectivity index (χ1v) is 7.69. The van der Waals surface area contributed by atoms with Crippen LogP contribution in [-0.4, -0.2) is 21.4 Å². The Morgan fingerprint density at radius 1 is 1.36 bits per heavy atom. The Balaban J connectivity index is 2.02. The van der Waals surface area contributed by atoms with Gasteiger partial charge in [-0.25, -0.2) is 4.39 Å². The summed E-state index contributed by atoms with van der Waals surface area (Å²) in [5.74, 6) is 0.955. The number of hydrogen-bond acceptors (Lipinski definition) is 2. The van der Waals surface area contributed by atoms with Gasteiger partial charge in [-0.1, -0.05) is 32.0 Å². The second kappa shape index (κ2) is 7.35. The van der Waals surface area contributed by atoms with Crippen LogP contribution in [0.2, 0.25) is 0 Å². The number of nitrogens with zero attached hydrogens (tertiary/aromatic N) is 2. The van der Waals surface area contributed by atoms with Gasteiger partial charge in [0.25, 0.3) is 0 Å². The van der Waals surface area contributed by atoms with Crippen molar-refractivity contribution in [1.82, 2.24) is 15.1 Å². The molecule has 0 atom stereocenters. The number of rotatable bonds is 5. The molecule has 1 aromatic heterocycles. The fourth-order valence-electron chi connectivity index (χ4n) is 1.98. The second-order valence-electron chi connectivity index (χ2n) is 5.65. The minimum atomic E-state index is -0.221. The van der Waals surface area contributed by atoms with Crippen LogP contribution in [0.5, 0.6) is 0 Å². The summed E-state index contributed by atoms with van der Waals surface area (Å²) in [6.45, 7) is 7.36. The predicted molar refractivity (Wildman–Crippen MR) is 91.5 cm³/mol. The molecule has 0 aliphatic carbocycles. The number of aryl methyl sites for hydroxylation is 1. The molecule has 2 aromatic rings. The SMILES string of the molecule is Cc1cc(NC(=S)NCC(C)C)nn1Cc1ccccc1F. The fourth-order valence-corrected chi connectivity index (χ4v) is 2.16. The summed E-state index contributed by atoms with van der Waals surface area (Å²) in [5, 5.41) is 11.2. The third kappa shape index (κ3) is 4.53. The lowest BCUT2D eigenvalue weighted by molar-refractivity contribution is 0.581. The normalized spacial score (nSPS) is 10.8. The van der Waals surface area contributed by atoms with E-state index in [2.05, 4.69) is 29.6 Å². The minimum Gasteiger partial charge on any atom is -0.362 e. The summed E-state index contributed by atoms with van der Waals surface area (Å²) in [6.07, 6.45) is 0. The molecular formula is C16H21FN4S. The van der Waals surface area contributed by atoms with E-state index in [4.69, 9.17) is 12.2 Å². The van der Waals surface area contributed by atoms with E-state index in [0.29, 0.717) is 29.0 Å². The average Bonchev–Trinajstić information content (AvgIpc) is 2.79. The van der Waals surface area contributed by atoms with Crippen molar-refractivity contribution in [2.24, 2.45) is 5.92 Å². The van der Waals surface area contributed by atoms with Crippen molar-refractivity contribution in [3.05, 3.63) is 47.4 Å². The molecule has 0 fully saturated rings. The summed E-state index contributed by atoms with van der Waals surface area (Å²) in [6, 6.07) is 8.61. The molecule has 1 aromatic carbocycles. The molecule has 0 bridgehead atoms. The maximum atomic E-state index is 13.7. The highest BCUT2D eigenvalue weighted by Crippen LogP contribution is 2.13. The van der Waals surface area contributed by atoms with Crippen molar-refractivity contribution in [2.75, 3.05) is 11.9 Å². The lowest BCUT2D eigenvalue weighted by atomic mass is 10.2. The van der Waals surface area contributed by atoms with Crippen molar-refractivity contribution in [3.8, 4) is 0 Å². The van der Waals surface area contributed by atoms with Crippen LogP contribution in [0.4, 0.5) is 10.2 Å². The molecule has 0 saturated heterocycles. The molecule has 2 N–H and O–H groups in total. The molecule has 4 nitrogen and oxygen atoms in total. The Morgan fingerprint density at radius 3 is 2.77 bits per heavy atom. The van der Waals surface area contributed by atoms with Gasteiger partial charge in [-0.3, -0.25) is 4.68 Å². The minimum absolute atomic E-state index is 0.221. The maximum absolute atomic E-state index is 13.7. The number of benzene rings is 1. The van der Waals surface area contributed by atoms with Crippen LogP contribution in [-0.2, 0) is 6.54 Å². The number of nitrogens with one attached hydrogen (secondary N) is 2. The zero-order chi connectivity index (χ0) is 16.1. The highest BCUT2D eigenvalue weighted by molar-refractivity contribution is 7.80. The molecular weight excluding hydrogens is 299 g/mol. The maximum Gasteiger partial charge on any atom is 0.171 e. The number of hydrogen-bond donors (Lipinski definition) is 2. The third-order valence-corrected chi connectivity index (χ3v) is 3.42. The van der Waals surface area contributed by atoms with Gasteiger partial charge in [0, 0.05) is 23.9 Å². The number of thiocarbonyl (C=S) groups is 1. The van der Waals surface area contributed by atoms with Gasteiger partial charge in [-0.2, -0.15) is 5.10 Å². The monoisotopic (exact) mass is 320 g/mol. The van der Waals surface area contributed by atoms with Gasteiger partial charge in [0.15, 0.2) is 10.9 Å². The van der Waals surface area contributed by atoms with Gasteiger partial charge in [0.2, 0.25) is 0 Å². The summed E-state index contributed by atoms with van der Waals surface area (Å²) in [7, 11) is 0. The van der Waals surface area contributed by atoms with Crippen LogP contribution >= 0.6 is 12.2 Å². The highest BCUT2D eigenvalue weighted by atomic mass is 32.1. The third-order valence-electron chi connectivity index (χ3n) is 3.17. The Kier molecular flexibility index (Phi) is 5.49. The molecule has 0 amide bonds. The topological polar surface area (TPSA) is 41.9 Å². The highest BCUT2D eigenvalue weighted by Gasteiger charge is 2.08. The van der Waals surface area contributed by atoms with E-state index >= 15 is 0 Å². The zero-order valence-corrected chi connectivity index (χ0v) is 13.9. The molecule has 0 aliphatic heterocycles. The molecule has 1 heterocycles. The van der Waals surface area contributed by atoms with Crippen molar-refractivity contribution in [3.63, 3.8) is 0 Å². The van der Waals surface area contributed by atoms with Crippen LogP contribution < -0.4 is 10.6 Å². The van der Waals surface area contributed by atoms with E-state index in [0.717, 1.165) is 12.2 Å². The zero-order valence-electron chi connectivity index (χ0n) is 13.1. The van der Waals surface area contributed by atoms with E-state index in [1.165, 1.54) is 6.07 Å². The van der Waals surface area contributed by atoms with Gasteiger partial charge in [-0.15, -0.1) is 0 Å². The molecule has 0 aliphatic rings. The Labute approximate surface area is 135 Å². The lowest BCUT2D eigenvalue weighted by Crippen LogP contribution is -2.31. The standard InChI is InChI=1S/C16H21FN4S/c1-11(2)9-18-16(22)19-15-8-12(3)21(20-15)10-13-6-4-5-7-14(13)17/h4-8,11H,9-10H2,1-3H3,(H2,18,19,20,22). The summed E-state index contributed by atoms with van der Waals surface area (Å²) < 4.78 is 15.5. The molecule has 0 saturated carbocycles. The van der Waals surface area contributed by atoms with Crippen LogP contribution in [0, 0.1) is 18.7 Å². The van der Waals surface area contributed by atoms with Crippen LogP contribution in [0.25, 0.3) is 0 Å². The first-order chi connectivity index (χ1) is 10.5. The van der Waals surface area contributed by atoms with E-state index in [-0.39, 0.29) is 5.82 Å². The van der Waals surface area contributed by atoms with Gasteiger partial charge in [0.05, 0.1) is 6.54 Å². The van der Waals surface area contributed by atoms with Gasteiger partial charge in [0.1, 0.15) is 5.82 Å². The van der Waals surface area contributed by atoms with Crippen molar-refractivity contribution >= 4 is 23.1 Å². The predicted octanol–water partition coefficient (Wildman–Crippen LogP) is 3.32. The summed E-state index contributed by atoms with van der Waals surface area (Å²) in [5.41, 5.74) is 1.55. The summed E-state index contributed by atoms with van der Waals surface area (Å²) in [4.78, 5) is 0. The van der Waals surface area contributed by atoms with Crippen LogP contribution in [0.3, 0.4) is 0 Å². The summed E-state index contributed by atoms with van der Waals surface area (Å²) >= 11 is 5.23. The number of anilines is 1.